The van der Waals surface area contributed by atoms with Crippen LogP contribution in [0.2, 0.25) is 0 Å². The van der Waals surface area contributed by atoms with Crippen molar-refractivity contribution >= 4 is 28.9 Å². The smallest absolute Gasteiger partial charge is 0.280 e. The Balaban J connectivity index is 1.82. The highest BCUT2D eigenvalue weighted by Gasteiger charge is 2.45. The second kappa shape index (κ2) is 6.74. The number of rotatable bonds is 5. The molecule has 1 fully saturated rings. The van der Waals surface area contributed by atoms with E-state index in [1.165, 1.54) is 6.20 Å². The van der Waals surface area contributed by atoms with E-state index >= 15 is 0 Å². The number of hydrogen-bond donors (Lipinski definition) is 2. The van der Waals surface area contributed by atoms with E-state index in [0.717, 1.165) is 12.4 Å². The molecule has 1 aliphatic heterocycles. The summed E-state index contributed by atoms with van der Waals surface area (Å²) < 4.78 is 25.5. The van der Waals surface area contributed by atoms with Crippen LogP contribution in [0.4, 0.5) is 26.1 Å². The zero-order valence-electron chi connectivity index (χ0n) is 14.3. The molecule has 3 heterocycles. The Kier molecular flexibility index (Phi) is 4.62. The fourth-order valence-electron chi connectivity index (χ4n) is 2.78. The number of carbonyl (C=O) groups is 1. The number of pyridine rings is 1. The van der Waals surface area contributed by atoms with Crippen LogP contribution in [0, 0.1) is 10.8 Å². The first-order valence-corrected chi connectivity index (χ1v) is 8.02. The van der Waals surface area contributed by atoms with Crippen LogP contribution in [0.1, 0.15) is 32.4 Å². The van der Waals surface area contributed by atoms with Crippen LogP contribution in [0.25, 0.3) is 0 Å². The topological polar surface area (TPSA) is 94.9 Å². The maximum Gasteiger partial charge on any atom is 0.280 e. The fraction of sp³-hybridized carbons (Fsp3) is 0.353. The minimum absolute atomic E-state index is 0.135. The number of amides is 1. The lowest BCUT2D eigenvalue weighted by atomic mass is 9.84. The summed E-state index contributed by atoms with van der Waals surface area (Å²) >= 11 is 0. The number of nitrogens with zero attached hydrogens (tertiary/aromatic N) is 4. The van der Waals surface area contributed by atoms with Crippen molar-refractivity contribution in [2.75, 3.05) is 16.8 Å². The van der Waals surface area contributed by atoms with Crippen LogP contribution >= 0.6 is 0 Å². The molecule has 1 saturated heterocycles. The molecule has 26 heavy (non-hydrogen) atoms. The van der Waals surface area contributed by atoms with E-state index < -0.39 is 11.8 Å². The normalized spacial score (nSPS) is 19.9. The first-order chi connectivity index (χ1) is 12.3. The van der Waals surface area contributed by atoms with Gasteiger partial charge in [-0.15, -0.1) is 0 Å². The van der Waals surface area contributed by atoms with E-state index in [1.807, 2.05) is 0 Å². The molecule has 1 unspecified atom stereocenters. The highest BCUT2D eigenvalue weighted by Crippen LogP contribution is 2.36. The molecule has 136 valence electrons. The molecule has 0 radical (unpaired) electrons. The predicted molar refractivity (Wildman–Crippen MR) is 93.0 cm³/mol. The monoisotopic (exact) mass is 360 g/mol. The van der Waals surface area contributed by atoms with E-state index in [9.17, 15) is 13.6 Å². The third-order valence-electron chi connectivity index (χ3n) is 4.60. The van der Waals surface area contributed by atoms with Gasteiger partial charge >= 0.3 is 0 Å². The molecular formula is C17H18F2N6O. The number of aromatic nitrogens is 3. The molecule has 7 nitrogen and oxygen atoms in total. The summed E-state index contributed by atoms with van der Waals surface area (Å²) in [5, 5.41) is 10.7. The summed E-state index contributed by atoms with van der Waals surface area (Å²) in [5.74, 6) is 0.423. The van der Waals surface area contributed by atoms with E-state index in [1.54, 1.807) is 30.9 Å². The third kappa shape index (κ3) is 3.24. The second-order valence-corrected chi connectivity index (χ2v) is 6.32. The molecule has 2 N–H and O–H groups in total. The van der Waals surface area contributed by atoms with Crippen molar-refractivity contribution in [3.63, 3.8) is 0 Å². The van der Waals surface area contributed by atoms with Gasteiger partial charge in [0.2, 0.25) is 5.91 Å². The number of hydrogen-bond acceptors (Lipinski definition) is 6. The Morgan fingerprint density at radius 3 is 2.69 bits per heavy atom. The van der Waals surface area contributed by atoms with Crippen molar-refractivity contribution in [3.8, 4) is 0 Å². The minimum Gasteiger partial charge on any atom is -0.325 e. The maximum absolute atomic E-state index is 12.7. The van der Waals surface area contributed by atoms with E-state index in [-0.39, 0.29) is 17.4 Å². The van der Waals surface area contributed by atoms with E-state index in [0.29, 0.717) is 30.2 Å². The average Bonchev–Trinajstić information content (AvgIpc) is 2.92. The largest absolute Gasteiger partial charge is 0.325 e. The molecular weight excluding hydrogens is 342 g/mol. The number of nitrogens with one attached hydrogen (secondary N) is 2. The summed E-state index contributed by atoms with van der Waals surface area (Å²) in [4.78, 5) is 25.9. The molecule has 3 rings (SSSR count). The Morgan fingerprint density at radius 2 is 2.04 bits per heavy atom. The summed E-state index contributed by atoms with van der Waals surface area (Å²) in [6.07, 6.45) is 0.445. The lowest BCUT2D eigenvalue weighted by Gasteiger charge is -2.22. The summed E-state index contributed by atoms with van der Waals surface area (Å²) in [7, 11) is 0. The highest BCUT2D eigenvalue weighted by atomic mass is 19.3. The van der Waals surface area contributed by atoms with Crippen molar-refractivity contribution in [1.82, 2.24) is 15.0 Å². The number of anilines is 3. The van der Waals surface area contributed by atoms with Gasteiger partial charge in [0.15, 0.2) is 0 Å². The molecule has 2 aromatic heterocycles. The van der Waals surface area contributed by atoms with Gasteiger partial charge in [-0.2, -0.15) is 0 Å². The Bertz CT molecular complexity index is 859. The second-order valence-electron chi connectivity index (χ2n) is 6.32. The first kappa shape index (κ1) is 17.8. The molecule has 0 spiro atoms. The van der Waals surface area contributed by atoms with Crippen LogP contribution in [0.5, 0.6) is 0 Å². The van der Waals surface area contributed by atoms with Gasteiger partial charge in [0.05, 0.1) is 5.41 Å². The van der Waals surface area contributed by atoms with E-state index in [2.05, 4.69) is 20.3 Å². The molecule has 0 bridgehead atoms. The summed E-state index contributed by atoms with van der Waals surface area (Å²) in [6, 6.07) is 4.49. The van der Waals surface area contributed by atoms with Gasteiger partial charge < -0.3 is 15.6 Å². The predicted octanol–water partition coefficient (Wildman–Crippen LogP) is 3.34. The molecule has 0 aromatic carbocycles. The van der Waals surface area contributed by atoms with Crippen LogP contribution in [0.3, 0.4) is 0 Å². The zero-order valence-corrected chi connectivity index (χ0v) is 14.3. The third-order valence-corrected chi connectivity index (χ3v) is 4.60. The van der Waals surface area contributed by atoms with Crippen LogP contribution < -0.4 is 10.2 Å². The van der Waals surface area contributed by atoms with Gasteiger partial charge in [-0.05, 0) is 26.3 Å². The van der Waals surface area contributed by atoms with Crippen molar-refractivity contribution in [2.45, 2.75) is 26.7 Å². The Morgan fingerprint density at radius 1 is 1.31 bits per heavy atom. The van der Waals surface area contributed by atoms with Gasteiger partial charge in [-0.25, -0.2) is 23.7 Å². The highest BCUT2D eigenvalue weighted by molar-refractivity contribution is 6.14. The van der Waals surface area contributed by atoms with Crippen molar-refractivity contribution in [3.05, 3.63) is 36.4 Å². The molecule has 2 aromatic rings. The van der Waals surface area contributed by atoms with E-state index in [4.69, 9.17) is 5.41 Å². The van der Waals surface area contributed by atoms with Crippen molar-refractivity contribution in [2.24, 2.45) is 5.41 Å². The SMILES string of the molecule is CC(=N)C1(C)CCN(c2ccnc(Nc3cc(C(F)F)ncn3)c2)C1=O. The summed E-state index contributed by atoms with van der Waals surface area (Å²) in [5.41, 5.74) is -0.223. The quantitative estimate of drug-likeness (QED) is 0.798. The molecule has 1 amide bonds. The van der Waals surface area contributed by atoms with Crippen LogP contribution in [-0.4, -0.2) is 33.1 Å². The van der Waals surface area contributed by atoms with Gasteiger partial charge in [0.25, 0.3) is 6.43 Å². The first-order valence-electron chi connectivity index (χ1n) is 8.02. The standard InChI is InChI=1S/C17H18F2N6O/c1-10(20)17(2)4-6-25(16(17)26)11-3-5-21-13(7-11)24-14-8-12(15(18)19)22-9-23-14/h3,5,7-9,15,20H,4,6H2,1-2H3,(H,21,22,23,24). The van der Waals surface area contributed by atoms with Crippen molar-refractivity contribution < 1.29 is 13.6 Å². The lowest BCUT2D eigenvalue weighted by molar-refractivity contribution is -0.121. The number of carbonyl (C=O) groups excluding carboxylic acids is 1. The molecule has 0 aliphatic carbocycles. The van der Waals surface area contributed by atoms with Gasteiger partial charge in [0.1, 0.15) is 23.7 Å². The molecule has 1 atom stereocenters. The van der Waals surface area contributed by atoms with Gasteiger partial charge in [0, 0.05) is 36.3 Å². The maximum atomic E-state index is 12.7. The summed E-state index contributed by atoms with van der Waals surface area (Å²) in [6.45, 7) is 3.90. The number of alkyl halides is 2. The van der Waals surface area contributed by atoms with Crippen LogP contribution in [-0.2, 0) is 4.79 Å². The minimum atomic E-state index is -2.69. The lowest BCUT2D eigenvalue weighted by Crippen LogP contribution is -2.36. The number of halogens is 2. The zero-order chi connectivity index (χ0) is 18.9. The van der Waals surface area contributed by atoms with Gasteiger partial charge in [-0.3, -0.25) is 4.79 Å². The molecule has 1 aliphatic rings. The molecule has 0 saturated carbocycles. The Labute approximate surface area is 149 Å². The molecule has 9 heteroatoms. The Hall–Kier alpha value is -2.97. The van der Waals surface area contributed by atoms with Gasteiger partial charge in [-0.1, -0.05) is 0 Å². The fourth-order valence-corrected chi connectivity index (χ4v) is 2.78. The average molecular weight is 360 g/mol. The van der Waals surface area contributed by atoms with Crippen LogP contribution in [0.15, 0.2) is 30.7 Å². The van der Waals surface area contributed by atoms with Crippen molar-refractivity contribution in [1.29, 1.82) is 5.41 Å².